The van der Waals surface area contributed by atoms with Crippen LogP contribution in [0.15, 0.2) is 0 Å². The quantitative estimate of drug-likeness (QED) is 0.0587. The van der Waals surface area contributed by atoms with E-state index in [9.17, 15) is 30.0 Å². The van der Waals surface area contributed by atoms with E-state index < -0.39 is 29.3 Å². The topological polar surface area (TPSA) is 134 Å². The fourth-order valence-electron chi connectivity index (χ4n) is 4.56. The Morgan fingerprint density at radius 3 is 1.39 bits per heavy atom. The van der Waals surface area contributed by atoms with Crippen molar-refractivity contribution in [1.82, 2.24) is 0 Å². The number of rotatable bonds is 25. The molecule has 1 unspecified atom stereocenters. The van der Waals surface area contributed by atoms with Crippen molar-refractivity contribution in [3.8, 4) is 0 Å². The van der Waals surface area contributed by atoms with Gasteiger partial charge in [-0.25, -0.2) is 4.79 Å². The van der Waals surface area contributed by atoms with Gasteiger partial charge in [0.1, 0.15) is 0 Å². The minimum atomic E-state index is -2.81. The Labute approximate surface area is 231 Å². The molecule has 0 heterocycles. The van der Waals surface area contributed by atoms with Crippen LogP contribution in [-0.4, -0.2) is 49.7 Å². The first-order chi connectivity index (χ1) is 18.0. The Hall–Kier alpha value is -1.22. The van der Waals surface area contributed by atoms with Crippen LogP contribution in [-0.2, 0) is 19.1 Å². The van der Waals surface area contributed by atoms with Gasteiger partial charge >= 0.3 is 17.9 Å². The summed E-state index contributed by atoms with van der Waals surface area (Å²) in [6.45, 7) is 7.20. The first-order valence-corrected chi connectivity index (χ1v) is 15.4. The van der Waals surface area contributed by atoms with Gasteiger partial charge in [-0.15, -0.1) is 0 Å². The van der Waals surface area contributed by atoms with Crippen molar-refractivity contribution in [3.63, 3.8) is 0 Å². The number of aliphatic hydroxyl groups is 4. The minimum absolute atomic E-state index is 0.0270. The van der Waals surface area contributed by atoms with Crippen LogP contribution in [0.4, 0.5) is 0 Å². The predicted octanol–water partition coefficient (Wildman–Crippen LogP) is 6.40. The smallest absolute Gasteiger partial charge is 0.360 e. The van der Waals surface area contributed by atoms with Gasteiger partial charge in [0.05, 0.1) is 0 Å². The lowest BCUT2D eigenvalue weighted by atomic mass is 9.84. The maximum Gasteiger partial charge on any atom is 0.360 e. The molecule has 0 radical (unpaired) electrons. The molecule has 0 aliphatic heterocycles. The van der Waals surface area contributed by atoms with E-state index in [1.807, 2.05) is 0 Å². The van der Waals surface area contributed by atoms with E-state index in [0.717, 1.165) is 44.9 Å². The molecular weight excluding hydrogens is 488 g/mol. The zero-order valence-corrected chi connectivity index (χ0v) is 24.8. The monoisotopic (exact) mass is 546 g/mol. The summed E-state index contributed by atoms with van der Waals surface area (Å²) >= 11 is 0. The SMILES string of the molecule is CCCCCCCCCCCC(=O)OC(CCCCCCCCCC)(C(=O)OC(O)(O)CC)C(O)(O)CC. The number of esters is 2. The highest BCUT2D eigenvalue weighted by molar-refractivity contribution is 5.85. The maximum atomic E-state index is 13.2. The molecule has 4 N–H and O–H groups in total. The van der Waals surface area contributed by atoms with Crippen molar-refractivity contribution in [3.05, 3.63) is 0 Å². The van der Waals surface area contributed by atoms with Crippen LogP contribution < -0.4 is 0 Å². The lowest BCUT2D eigenvalue weighted by molar-refractivity contribution is -0.342. The van der Waals surface area contributed by atoms with Gasteiger partial charge in [-0.2, -0.15) is 0 Å². The third-order valence-electron chi connectivity index (χ3n) is 7.34. The van der Waals surface area contributed by atoms with E-state index in [0.29, 0.717) is 19.3 Å². The van der Waals surface area contributed by atoms with Gasteiger partial charge in [-0.3, -0.25) is 4.79 Å². The van der Waals surface area contributed by atoms with Gasteiger partial charge in [-0.05, 0) is 12.8 Å². The summed E-state index contributed by atoms with van der Waals surface area (Å²) in [5, 5.41) is 41.6. The molecule has 0 spiro atoms. The molecule has 0 saturated heterocycles. The molecule has 0 aromatic rings. The van der Waals surface area contributed by atoms with Crippen molar-refractivity contribution in [2.75, 3.05) is 0 Å². The summed E-state index contributed by atoms with van der Waals surface area (Å²) in [5.41, 5.74) is -2.45. The molecule has 0 rings (SSSR count). The first-order valence-electron chi connectivity index (χ1n) is 15.4. The van der Waals surface area contributed by atoms with Crippen LogP contribution in [0.1, 0.15) is 163 Å². The van der Waals surface area contributed by atoms with Crippen LogP contribution in [0.3, 0.4) is 0 Å². The molecule has 0 fully saturated rings. The normalized spacial score (nSPS) is 13.8. The average Bonchev–Trinajstić information content (AvgIpc) is 2.88. The molecular formula is C30H58O8. The molecule has 0 aliphatic carbocycles. The van der Waals surface area contributed by atoms with Gasteiger partial charge in [0.2, 0.25) is 5.79 Å². The number of carbonyl (C=O) groups is 2. The summed E-state index contributed by atoms with van der Waals surface area (Å²) in [6.07, 6.45) is 16.4. The Kier molecular flexibility index (Phi) is 20.0. The fraction of sp³-hybridized carbons (Fsp3) is 0.933. The van der Waals surface area contributed by atoms with Crippen molar-refractivity contribution >= 4 is 11.9 Å². The van der Waals surface area contributed by atoms with E-state index in [1.54, 1.807) is 0 Å². The van der Waals surface area contributed by atoms with E-state index in [-0.39, 0.29) is 25.7 Å². The molecule has 38 heavy (non-hydrogen) atoms. The standard InChI is InChI=1S/C30H58O8/c1-5-9-11-13-15-17-18-20-22-24-26(31)37-28(29(33,34)7-3,27(32)38-30(35,36)8-4)25-23-21-19-16-14-12-10-6-2/h33-36H,5-25H2,1-4H3. The van der Waals surface area contributed by atoms with Crippen LogP contribution >= 0.6 is 0 Å². The van der Waals surface area contributed by atoms with Gasteiger partial charge in [0.15, 0.2) is 0 Å². The largest absolute Gasteiger partial charge is 0.441 e. The third-order valence-corrected chi connectivity index (χ3v) is 7.34. The van der Waals surface area contributed by atoms with Crippen LogP contribution in [0.5, 0.6) is 0 Å². The molecule has 8 nitrogen and oxygen atoms in total. The fourth-order valence-corrected chi connectivity index (χ4v) is 4.56. The van der Waals surface area contributed by atoms with E-state index in [2.05, 4.69) is 13.8 Å². The number of hydrogen-bond acceptors (Lipinski definition) is 8. The maximum absolute atomic E-state index is 13.2. The molecule has 0 bridgehead atoms. The van der Waals surface area contributed by atoms with E-state index in [1.165, 1.54) is 58.8 Å². The highest BCUT2D eigenvalue weighted by Gasteiger charge is 2.60. The van der Waals surface area contributed by atoms with Crippen LogP contribution in [0.25, 0.3) is 0 Å². The summed E-state index contributed by atoms with van der Waals surface area (Å²) in [5.74, 6) is -7.64. The first kappa shape index (κ1) is 36.8. The molecule has 8 heteroatoms. The van der Waals surface area contributed by atoms with E-state index in [4.69, 9.17) is 9.47 Å². The zero-order valence-electron chi connectivity index (χ0n) is 24.8. The highest BCUT2D eigenvalue weighted by atomic mass is 16.8. The summed E-state index contributed by atoms with van der Waals surface area (Å²) in [4.78, 5) is 26.0. The third kappa shape index (κ3) is 14.8. The molecule has 0 saturated carbocycles. The zero-order chi connectivity index (χ0) is 28.9. The van der Waals surface area contributed by atoms with Gasteiger partial charge in [-0.1, -0.05) is 124 Å². The highest BCUT2D eigenvalue weighted by Crippen LogP contribution is 2.36. The Morgan fingerprint density at radius 1 is 0.553 bits per heavy atom. The average molecular weight is 547 g/mol. The molecule has 1 atom stereocenters. The van der Waals surface area contributed by atoms with Crippen molar-refractivity contribution in [2.45, 2.75) is 180 Å². The Bertz CT molecular complexity index is 619. The molecule has 0 aliphatic rings. The molecule has 0 amide bonds. The number of hydrogen-bond donors (Lipinski definition) is 4. The molecule has 226 valence electrons. The lowest BCUT2D eigenvalue weighted by Gasteiger charge is -2.41. The van der Waals surface area contributed by atoms with Crippen LogP contribution in [0, 0.1) is 0 Å². The summed E-state index contributed by atoms with van der Waals surface area (Å²) < 4.78 is 10.4. The van der Waals surface area contributed by atoms with Gasteiger partial charge in [0.25, 0.3) is 5.60 Å². The van der Waals surface area contributed by atoms with Crippen LogP contribution in [0.2, 0.25) is 0 Å². The summed E-state index contributed by atoms with van der Waals surface area (Å²) in [6, 6.07) is 0. The molecule has 0 aromatic heterocycles. The second-order valence-corrected chi connectivity index (χ2v) is 10.8. The van der Waals surface area contributed by atoms with Gasteiger partial charge < -0.3 is 29.9 Å². The Morgan fingerprint density at radius 2 is 0.974 bits per heavy atom. The molecule has 0 aromatic carbocycles. The predicted molar refractivity (Wildman–Crippen MR) is 149 cm³/mol. The number of unbranched alkanes of at least 4 members (excludes halogenated alkanes) is 15. The Balaban J connectivity index is 5.22. The number of carbonyl (C=O) groups excluding carboxylic acids is 2. The van der Waals surface area contributed by atoms with Crippen molar-refractivity contribution in [2.24, 2.45) is 0 Å². The number of ether oxygens (including phenoxy) is 2. The van der Waals surface area contributed by atoms with Gasteiger partial charge in [0, 0.05) is 25.7 Å². The second-order valence-electron chi connectivity index (χ2n) is 10.8. The van der Waals surface area contributed by atoms with Crippen molar-refractivity contribution < 1.29 is 39.5 Å². The second kappa shape index (κ2) is 20.7. The summed E-state index contributed by atoms with van der Waals surface area (Å²) in [7, 11) is 0. The van der Waals surface area contributed by atoms with E-state index >= 15 is 0 Å². The minimum Gasteiger partial charge on any atom is -0.441 e. The lowest BCUT2D eigenvalue weighted by Crippen LogP contribution is -2.63. The van der Waals surface area contributed by atoms with Crippen molar-refractivity contribution in [1.29, 1.82) is 0 Å².